The van der Waals surface area contributed by atoms with Crippen LogP contribution < -0.4 is 4.74 Å². The fourth-order valence-corrected chi connectivity index (χ4v) is 4.71. The van der Waals surface area contributed by atoms with Crippen LogP contribution in [0.1, 0.15) is 30.9 Å². The Kier molecular flexibility index (Phi) is 6.12. The summed E-state index contributed by atoms with van der Waals surface area (Å²) in [6.07, 6.45) is -1.95. The van der Waals surface area contributed by atoms with Gasteiger partial charge in [0, 0.05) is 17.8 Å². The lowest BCUT2D eigenvalue weighted by atomic mass is 9.90. The second kappa shape index (κ2) is 8.76. The van der Waals surface area contributed by atoms with Gasteiger partial charge in [0.2, 0.25) is 0 Å². The quantitative estimate of drug-likeness (QED) is 0.299. The van der Waals surface area contributed by atoms with E-state index in [4.69, 9.17) is 4.74 Å². The third-order valence-electron chi connectivity index (χ3n) is 5.45. The van der Waals surface area contributed by atoms with Gasteiger partial charge in [-0.05, 0) is 52.9 Å². The number of para-hydroxylation sites is 2. The van der Waals surface area contributed by atoms with E-state index in [0.717, 1.165) is 17.9 Å². The summed E-state index contributed by atoms with van der Waals surface area (Å²) in [6.45, 7) is 3.89. The number of alkyl halides is 3. The summed E-state index contributed by atoms with van der Waals surface area (Å²) in [4.78, 5) is 4.21. The zero-order valence-corrected chi connectivity index (χ0v) is 19.5. The summed E-state index contributed by atoms with van der Waals surface area (Å²) in [5.41, 5.74) is 1.15. The zero-order chi connectivity index (χ0) is 24.7. The molecular formula is C26H22F3NO3S. The molecule has 176 valence electrons. The smallest absolute Gasteiger partial charge is 0.418 e. The highest BCUT2D eigenvalue weighted by Crippen LogP contribution is 2.41. The Labute approximate surface area is 196 Å². The molecule has 0 amide bonds. The maximum atomic E-state index is 13.6. The molecule has 0 bridgehead atoms. The van der Waals surface area contributed by atoms with Gasteiger partial charge in [-0.25, -0.2) is 8.42 Å². The van der Waals surface area contributed by atoms with Crippen molar-refractivity contribution in [3.05, 3.63) is 84.1 Å². The van der Waals surface area contributed by atoms with Gasteiger partial charge in [-0.15, -0.1) is 0 Å². The van der Waals surface area contributed by atoms with Crippen LogP contribution in [0.5, 0.6) is 11.5 Å². The Bertz CT molecular complexity index is 1480. The number of ether oxygens (including phenoxy) is 1. The van der Waals surface area contributed by atoms with Crippen LogP contribution >= 0.6 is 0 Å². The lowest BCUT2D eigenvalue weighted by Gasteiger charge is -2.18. The van der Waals surface area contributed by atoms with Gasteiger partial charge in [0.1, 0.15) is 16.4 Å². The standard InChI is InChI=1S/C26H22F3NO3S/c1-16(2)20-15-30-25-19(10-7-11-21(25)26(27,28)29)24(20)17-8-6-9-18(14-17)33-22-12-4-5-13-23(22)34(3,31)32/h4-16H,1-3H3. The van der Waals surface area contributed by atoms with E-state index in [1.54, 1.807) is 48.5 Å². The van der Waals surface area contributed by atoms with Crippen molar-refractivity contribution >= 4 is 20.7 Å². The number of aromatic nitrogens is 1. The SMILES string of the molecule is CC(C)c1cnc2c(C(F)(F)F)cccc2c1-c1cccc(Oc2ccccc2S(C)(=O)=O)c1. The van der Waals surface area contributed by atoms with Gasteiger partial charge in [0.25, 0.3) is 0 Å². The van der Waals surface area contributed by atoms with Crippen molar-refractivity contribution in [2.24, 2.45) is 0 Å². The predicted octanol–water partition coefficient (Wildman–Crippen LogP) is 7.24. The average molecular weight is 486 g/mol. The van der Waals surface area contributed by atoms with Gasteiger partial charge in [0.15, 0.2) is 9.84 Å². The molecule has 4 rings (SSSR count). The van der Waals surface area contributed by atoms with Crippen LogP contribution in [0.4, 0.5) is 13.2 Å². The first-order valence-corrected chi connectivity index (χ1v) is 12.4. The molecule has 0 aliphatic carbocycles. The predicted molar refractivity (Wildman–Crippen MR) is 126 cm³/mol. The van der Waals surface area contributed by atoms with Gasteiger partial charge >= 0.3 is 6.18 Å². The molecule has 1 aromatic heterocycles. The molecule has 0 fully saturated rings. The van der Waals surface area contributed by atoms with Crippen molar-refractivity contribution < 1.29 is 26.3 Å². The topological polar surface area (TPSA) is 56.3 Å². The Morgan fingerprint density at radius 1 is 0.941 bits per heavy atom. The van der Waals surface area contributed by atoms with E-state index in [-0.39, 0.29) is 22.1 Å². The second-order valence-electron chi connectivity index (χ2n) is 8.29. The van der Waals surface area contributed by atoms with Crippen LogP contribution in [-0.2, 0) is 16.0 Å². The molecule has 4 aromatic rings. The van der Waals surface area contributed by atoms with Crippen LogP contribution in [0, 0.1) is 0 Å². The Morgan fingerprint density at radius 3 is 2.32 bits per heavy atom. The summed E-state index contributed by atoms with van der Waals surface area (Å²) >= 11 is 0. The molecule has 0 unspecified atom stereocenters. The Balaban J connectivity index is 1.90. The van der Waals surface area contributed by atoms with Gasteiger partial charge < -0.3 is 4.74 Å². The fourth-order valence-electron chi connectivity index (χ4n) is 3.91. The number of nitrogens with zero attached hydrogens (tertiary/aromatic N) is 1. The molecule has 8 heteroatoms. The number of rotatable bonds is 5. The van der Waals surface area contributed by atoms with E-state index in [9.17, 15) is 21.6 Å². The molecule has 0 aliphatic rings. The molecule has 0 atom stereocenters. The lowest BCUT2D eigenvalue weighted by molar-refractivity contribution is -0.136. The Hall–Kier alpha value is -3.39. The minimum absolute atomic E-state index is 0.00280. The van der Waals surface area contributed by atoms with E-state index in [1.165, 1.54) is 18.3 Å². The summed E-state index contributed by atoms with van der Waals surface area (Å²) in [5, 5.41) is 0.384. The normalized spacial score (nSPS) is 12.3. The van der Waals surface area contributed by atoms with E-state index in [2.05, 4.69) is 4.98 Å². The molecule has 1 heterocycles. The lowest BCUT2D eigenvalue weighted by Crippen LogP contribution is -2.07. The molecule has 3 aromatic carbocycles. The van der Waals surface area contributed by atoms with Crippen molar-refractivity contribution in [3.8, 4) is 22.6 Å². The number of pyridine rings is 1. The minimum Gasteiger partial charge on any atom is -0.456 e. The Morgan fingerprint density at radius 2 is 1.65 bits per heavy atom. The number of halogens is 3. The van der Waals surface area contributed by atoms with Crippen LogP contribution in [0.3, 0.4) is 0 Å². The maximum Gasteiger partial charge on any atom is 0.418 e. The highest BCUT2D eigenvalue weighted by atomic mass is 32.2. The van der Waals surface area contributed by atoms with Crippen molar-refractivity contribution in [1.29, 1.82) is 0 Å². The van der Waals surface area contributed by atoms with Gasteiger partial charge in [-0.1, -0.05) is 50.2 Å². The number of fused-ring (bicyclic) bond motifs is 1. The van der Waals surface area contributed by atoms with E-state index >= 15 is 0 Å². The summed E-state index contributed by atoms with van der Waals surface area (Å²) in [6, 6.07) is 17.2. The van der Waals surface area contributed by atoms with Crippen LogP contribution in [0.2, 0.25) is 0 Å². The third kappa shape index (κ3) is 4.63. The molecule has 0 N–H and O–H groups in total. The molecular weight excluding hydrogens is 463 g/mol. The maximum absolute atomic E-state index is 13.6. The third-order valence-corrected chi connectivity index (χ3v) is 6.59. The molecule has 34 heavy (non-hydrogen) atoms. The first kappa shape index (κ1) is 23.8. The second-order valence-corrected chi connectivity index (χ2v) is 10.3. The summed E-state index contributed by atoms with van der Waals surface area (Å²) < 4.78 is 71.1. The van der Waals surface area contributed by atoms with Crippen molar-refractivity contribution in [3.63, 3.8) is 0 Å². The van der Waals surface area contributed by atoms with Gasteiger partial charge in [-0.2, -0.15) is 13.2 Å². The highest BCUT2D eigenvalue weighted by molar-refractivity contribution is 7.90. The number of sulfone groups is 1. The summed E-state index contributed by atoms with van der Waals surface area (Å²) in [7, 11) is -3.52. The van der Waals surface area contributed by atoms with Crippen molar-refractivity contribution in [1.82, 2.24) is 4.98 Å². The first-order chi connectivity index (χ1) is 16.0. The van der Waals surface area contributed by atoms with Gasteiger partial charge in [-0.3, -0.25) is 4.98 Å². The van der Waals surface area contributed by atoms with Gasteiger partial charge in [0.05, 0.1) is 11.1 Å². The minimum atomic E-state index is -4.54. The number of hydrogen-bond donors (Lipinski definition) is 0. The zero-order valence-electron chi connectivity index (χ0n) is 18.7. The van der Waals surface area contributed by atoms with E-state index in [1.807, 2.05) is 13.8 Å². The van der Waals surface area contributed by atoms with E-state index < -0.39 is 21.6 Å². The molecule has 4 nitrogen and oxygen atoms in total. The monoisotopic (exact) mass is 485 g/mol. The van der Waals surface area contributed by atoms with Crippen LogP contribution in [-0.4, -0.2) is 19.7 Å². The largest absolute Gasteiger partial charge is 0.456 e. The average Bonchev–Trinajstić information content (AvgIpc) is 2.77. The molecule has 0 saturated heterocycles. The van der Waals surface area contributed by atoms with Crippen molar-refractivity contribution in [2.45, 2.75) is 30.8 Å². The fraction of sp³-hybridized carbons (Fsp3) is 0.192. The molecule has 0 spiro atoms. The molecule has 0 saturated carbocycles. The molecule has 0 aliphatic heterocycles. The number of hydrogen-bond acceptors (Lipinski definition) is 4. The van der Waals surface area contributed by atoms with E-state index in [0.29, 0.717) is 22.3 Å². The first-order valence-electron chi connectivity index (χ1n) is 10.5. The highest BCUT2D eigenvalue weighted by Gasteiger charge is 2.33. The molecule has 0 radical (unpaired) electrons. The summed E-state index contributed by atoms with van der Waals surface area (Å²) in [5.74, 6) is 0.530. The van der Waals surface area contributed by atoms with Crippen LogP contribution in [0.15, 0.2) is 77.8 Å². The van der Waals surface area contributed by atoms with Crippen molar-refractivity contribution in [2.75, 3.05) is 6.26 Å². The van der Waals surface area contributed by atoms with Crippen LogP contribution in [0.25, 0.3) is 22.0 Å². The number of benzene rings is 3.